The van der Waals surface area contributed by atoms with Crippen LogP contribution in [0.5, 0.6) is 0 Å². The number of halogens is 1. The van der Waals surface area contributed by atoms with Crippen LogP contribution < -0.4 is 5.84 Å². The Morgan fingerprint density at radius 1 is 1.00 bits per heavy atom. The van der Waals surface area contributed by atoms with Crippen molar-refractivity contribution in [2.75, 3.05) is 5.84 Å². The topological polar surface area (TPSA) is 56.7 Å². The van der Waals surface area contributed by atoms with Gasteiger partial charge >= 0.3 is 0 Å². The number of nitrogens with zero attached hydrogens (tertiary/aromatic N) is 3. The zero-order chi connectivity index (χ0) is 18.8. The third-order valence-corrected chi connectivity index (χ3v) is 6.03. The van der Waals surface area contributed by atoms with Crippen molar-refractivity contribution >= 4 is 34.1 Å². The lowest BCUT2D eigenvalue weighted by molar-refractivity contribution is 0.803. The van der Waals surface area contributed by atoms with E-state index in [1.54, 1.807) is 16.4 Å². The van der Waals surface area contributed by atoms with Gasteiger partial charge in [-0.05, 0) is 34.9 Å². The summed E-state index contributed by atoms with van der Waals surface area (Å²) in [5.41, 5.74) is 2.24. The van der Waals surface area contributed by atoms with Crippen molar-refractivity contribution in [3.63, 3.8) is 0 Å². The molecule has 0 amide bonds. The van der Waals surface area contributed by atoms with E-state index in [2.05, 4.69) is 47.5 Å². The standard InChI is InChI=1S/C21H19ClN4S/c1-14(17-10-4-5-12-19(17)22)27-21-25-24-20(26(21)23)13-16-9-6-8-15-7-2-3-11-18(15)16/h2-12,14H,13,23H2,1H3/t14-/m0/s1. The summed E-state index contributed by atoms with van der Waals surface area (Å²) < 4.78 is 1.58. The van der Waals surface area contributed by atoms with Crippen molar-refractivity contribution in [3.8, 4) is 0 Å². The van der Waals surface area contributed by atoms with Crippen LogP contribution in [0.1, 0.15) is 29.1 Å². The van der Waals surface area contributed by atoms with E-state index in [0.717, 1.165) is 16.4 Å². The van der Waals surface area contributed by atoms with Crippen molar-refractivity contribution in [1.29, 1.82) is 0 Å². The zero-order valence-electron chi connectivity index (χ0n) is 14.8. The molecule has 136 valence electrons. The number of nitrogens with two attached hydrogens (primary N) is 1. The lowest BCUT2D eigenvalue weighted by Gasteiger charge is -2.12. The van der Waals surface area contributed by atoms with Crippen molar-refractivity contribution < 1.29 is 0 Å². The molecule has 0 unspecified atom stereocenters. The van der Waals surface area contributed by atoms with Gasteiger partial charge in [0.1, 0.15) is 0 Å². The summed E-state index contributed by atoms with van der Waals surface area (Å²) in [6.07, 6.45) is 0.631. The van der Waals surface area contributed by atoms with Gasteiger partial charge in [0.2, 0.25) is 5.16 Å². The first-order chi connectivity index (χ1) is 13.1. The van der Waals surface area contributed by atoms with Gasteiger partial charge in [0.25, 0.3) is 0 Å². The first kappa shape index (κ1) is 17.9. The van der Waals surface area contributed by atoms with Gasteiger partial charge in [0, 0.05) is 16.7 Å². The SMILES string of the molecule is C[C@H](Sc1nnc(Cc2cccc3ccccc23)n1N)c1ccccc1Cl. The fraction of sp³-hybridized carbons (Fsp3) is 0.143. The minimum absolute atomic E-state index is 0.121. The van der Waals surface area contributed by atoms with Gasteiger partial charge in [-0.25, -0.2) is 4.68 Å². The Bertz CT molecular complexity index is 1090. The molecule has 4 aromatic rings. The van der Waals surface area contributed by atoms with Crippen LogP contribution in [0.15, 0.2) is 71.9 Å². The summed E-state index contributed by atoms with van der Waals surface area (Å²) in [6, 6.07) is 22.4. The molecule has 0 fully saturated rings. The Morgan fingerprint density at radius 2 is 1.74 bits per heavy atom. The van der Waals surface area contributed by atoms with Gasteiger partial charge < -0.3 is 5.84 Å². The largest absolute Gasteiger partial charge is 0.336 e. The van der Waals surface area contributed by atoms with Crippen LogP contribution in [-0.4, -0.2) is 14.9 Å². The average Bonchev–Trinajstić information content (AvgIpc) is 3.02. The number of aromatic nitrogens is 3. The fourth-order valence-electron chi connectivity index (χ4n) is 3.15. The Hall–Kier alpha value is -2.50. The molecule has 4 rings (SSSR count). The molecule has 0 saturated carbocycles. The summed E-state index contributed by atoms with van der Waals surface area (Å²) in [7, 11) is 0. The maximum absolute atomic E-state index is 6.31. The second-order valence-corrected chi connectivity index (χ2v) is 8.08. The molecular formula is C21H19ClN4S. The van der Waals surface area contributed by atoms with Crippen molar-refractivity contribution in [3.05, 3.63) is 88.7 Å². The molecule has 1 aromatic heterocycles. The first-order valence-corrected chi connectivity index (χ1v) is 9.96. The van der Waals surface area contributed by atoms with E-state index >= 15 is 0 Å². The molecule has 0 spiro atoms. The van der Waals surface area contributed by atoms with Crippen molar-refractivity contribution in [2.45, 2.75) is 23.8 Å². The number of benzene rings is 3. The molecule has 3 aromatic carbocycles. The van der Waals surface area contributed by atoms with E-state index in [1.165, 1.54) is 16.3 Å². The molecule has 4 nitrogen and oxygen atoms in total. The highest BCUT2D eigenvalue weighted by Crippen LogP contribution is 2.36. The maximum Gasteiger partial charge on any atom is 0.210 e. The van der Waals surface area contributed by atoms with Crippen molar-refractivity contribution in [2.24, 2.45) is 0 Å². The Balaban J connectivity index is 1.58. The zero-order valence-corrected chi connectivity index (χ0v) is 16.4. The van der Waals surface area contributed by atoms with Gasteiger partial charge in [-0.2, -0.15) is 0 Å². The molecule has 6 heteroatoms. The number of nitrogen functional groups attached to an aromatic ring is 1. The molecule has 0 radical (unpaired) electrons. The van der Waals surface area contributed by atoms with Gasteiger partial charge in [-0.15, -0.1) is 10.2 Å². The summed E-state index contributed by atoms with van der Waals surface area (Å²) in [5, 5.41) is 12.6. The normalized spacial score (nSPS) is 12.4. The van der Waals surface area contributed by atoms with E-state index in [9.17, 15) is 0 Å². The van der Waals surface area contributed by atoms with Crippen LogP contribution in [-0.2, 0) is 6.42 Å². The minimum atomic E-state index is 0.121. The lowest BCUT2D eigenvalue weighted by atomic mass is 10.0. The lowest BCUT2D eigenvalue weighted by Crippen LogP contribution is -2.14. The minimum Gasteiger partial charge on any atom is -0.336 e. The van der Waals surface area contributed by atoms with Gasteiger partial charge in [-0.3, -0.25) is 0 Å². The number of hydrogen-bond donors (Lipinski definition) is 1. The van der Waals surface area contributed by atoms with E-state index in [-0.39, 0.29) is 5.25 Å². The highest BCUT2D eigenvalue weighted by Gasteiger charge is 2.17. The third kappa shape index (κ3) is 3.66. The van der Waals surface area contributed by atoms with Crippen LogP contribution in [0.4, 0.5) is 0 Å². The average molecular weight is 395 g/mol. The molecule has 1 heterocycles. The number of hydrogen-bond acceptors (Lipinski definition) is 4. The summed E-state index contributed by atoms with van der Waals surface area (Å²) in [4.78, 5) is 0. The van der Waals surface area contributed by atoms with Crippen LogP contribution in [0.2, 0.25) is 5.02 Å². The van der Waals surface area contributed by atoms with Crippen LogP contribution in [0.25, 0.3) is 10.8 Å². The molecule has 27 heavy (non-hydrogen) atoms. The quantitative estimate of drug-likeness (QED) is 0.371. The monoisotopic (exact) mass is 394 g/mol. The molecule has 0 aliphatic heterocycles. The molecular weight excluding hydrogens is 376 g/mol. The van der Waals surface area contributed by atoms with Gasteiger partial charge in [-0.1, -0.05) is 84.0 Å². The summed E-state index contributed by atoms with van der Waals surface area (Å²) >= 11 is 7.86. The third-order valence-electron chi connectivity index (χ3n) is 4.59. The summed E-state index contributed by atoms with van der Waals surface area (Å²) in [5.74, 6) is 7.03. The van der Waals surface area contributed by atoms with Crippen LogP contribution in [0.3, 0.4) is 0 Å². The number of rotatable bonds is 5. The molecule has 0 saturated heterocycles. The van der Waals surface area contributed by atoms with Gasteiger partial charge in [0.05, 0.1) is 0 Å². The summed E-state index contributed by atoms with van der Waals surface area (Å²) in [6.45, 7) is 2.09. The highest BCUT2D eigenvalue weighted by molar-refractivity contribution is 7.99. The second kappa shape index (κ2) is 7.62. The smallest absolute Gasteiger partial charge is 0.210 e. The van der Waals surface area contributed by atoms with E-state index < -0.39 is 0 Å². The van der Waals surface area contributed by atoms with Gasteiger partial charge in [0.15, 0.2) is 5.82 Å². The Labute approximate surface area is 167 Å². The Morgan fingerprint density at radius 3 is 2.59 bits per heavy atom. The first-order valence-electron chi connectivity index (χ1n) is 8.70. The number of thioether (sulfide) groups is 1. The molecule has 1 atom stereocenters. The fourth-order valence-corrected chi connectivity index (χ4v) is 4.47. The van der Waals surface area contributed by atoms with E-state index in [0.29, 0.717) is 11.6 Å². The van der Waals surface area contributed by atoms with Crippen LogP contribution in [0, 0.1) is 0 Å². The molecule has 0 aliphatic rings. The predicted molar refractivity (Wildman–Crippen MR) is 113 cm³/mol. The van der Waals surface area contributed by atoms with E-state index in [4.69, 9.17) is 17.4 Å². The molecule has 0 bridgehead atoms. The number of fused-ring (bicyclic) bond motifs is 1. The predicted octanol–water partition coefficient (Wildman–Crippen LogP) is 5.24. The molecule has 0 aliphatic carbocycles. The molecule has 2 N–H and O–H groups in total. The highest BCUT2D eigenvalue weighted by atomic mass is 35.5. The Kier molecular flexibility index (Phi) is 5.05. The van der Waals surface area contributed by atoms with Crippen LogP contribution >= 0.6 is 23.4 Å². The maximum atomic E-state index is 6.31. The second-order valence-electron chi connectivity index (χ2n) is 6.37. The van der Waals surface area contributed by atoms with Crippen molar-refractivity contribution in [1.82, 2.24) is 14.9 Å². The van der Waals surface area contributed by atoms with E-state index in [1.807, 2.05) is 36.4 Å².